The molecule has 0 saturated heterocycles. The maximum atomic E-state index is 12.1. The van der Waals surface area contributed by atoms with Gasteiger partial charge in [0, 0.05) is 24.4 Å². The zero-order chi connectivity index (χ0) is 11.3. The normalized spacial score (nSPS) is 14.6. The van der Waals surface area contributed by atoms with Gasteiger partial charge in [0.05, 0.1) is 15.5 Å². The van der Waals surface area contributed by atoms with Crippen molar-refractivity contribution >= 4 is 21.3 Å². The van der Waals surface area contributed by atoms with Crippen molar-refractivity contribution in [2.24, 2.45) is 10.1 Å². The molecule has 1 aromatic rings. The highest BCUT2D eigenvalue weighted by Crippen LogP contribution is 2.13. The Kier molecular flexibility index (Phi) is 4.57. The van der Waals surface area contributed by atoms with Gasteiger partial charge in [-0.25, -0.2) is 8.57 Å². The molecule has 0 bridgehead atoms. The van der Waals surface area contributed by atoms with Crippen LogP contribution in [0.1, 0.15) is 5.56 Å². The predicted molar refractivity (Wildman–Crippen MR) is 65.6 cm³/mol. The van der Waals surface area contributed by atoms with Crippen molar-refractivity contribution in [2.75, 3.05) is 19.3 Å². The quantitative estimate of drug-likeness (QED) is 0.882. The van der Waals surface area contributed by atoms with Gasteiger partial charge in [0.25, 0.3) is 0 Å². The molecule has 15 heavy (non-hydrogen) atoms. The minimum atomic E-state index is -2.19. The van der Waals surface area contributed by atoms with Crippen LogP contribution in [0.2, 0.25) is 5.02 Å². The molecule has 0 radical (unpaired) electrons. The lowest BCUT2D eigenvalue weighted by atomic mass is 10.2. The Bertz CT molecular complexity index is 422. The van der Waals surface area contributed by atoms with E-state index in [0.717, 1.165) is 5.56 Å². The maximum Gasteiger partial charge on any atom is 0.0568 e. The first-order valence-electron chi connectivity index (χ1n) is 4.65. The van der Waals surface area contributed by atoms with Crippen LogP contribution in [0.15, 0.2) is 28.6 Å². The van der Waals surface area contributed by atoms with Gasteiger partial charge in [-0.2, -0.15) is 0 Å². The van der Waals surface area contributed by atoms with Crippen molar-refractivity contribution in [2.45, 2.75) is 5.75 Å². The van der Waals surface area contributed by atoms with Crippen LogP contribution in [0, 0.1) is 0 Å². The number of benzene rings is 1. The lowest BCUT2D eigenvalue weighted by Crippen LogP contribution is -2.17. The summed E-state index contributed by atoms with van der Waals surface area (Å²) in [7, 11) is -0.609. The topological polar surface area (TPSA) is 55.5 Å². The molecule has 0 amide bonds. The summed E-state index contributed by atoms with van der Waals surface area (Å²) >= 11 is 5.76. The molecular weight excluding hydrogens is 232 g/mol. The van der Waals surface area contributed by atoms with Crippen LogP contribution in [0.25, 0.3) is 0 Å². The summed E-state index contributed by atoms with van der Waals surface area (Å²) in [6, 6.07) is 7.30. The van der Waals surface area contributed by atoms with Gasteiger partial charge in [-0.1, -0.05) is 23.7 Å². The number of nitrogens with two attached hydrogens (primary N) is 1. The van der Waals surface area contributed by atoms with Gasteiger partial charge in [0.2, 0.25) is 0 Å². The number of rotatable bonds is 4. The average Bonchev–Trinajstić information content (AvgIpc) is 2.22. The molecule has 0 aliphatic carbocycles. The second-order valence-corrected chi connectivity index (χ2v) is 6.26. The highest BCUT2D eigenvalue weighted by Gasteiger charge is 2.08. The molecule has 0 saturated carbocycles. The molecule has 0 aromatic heterocycles. The summed E-state index contributed by atoms with van der Waals surface area (Å²) in [6.45, 7) is 0.393. The SMILES string of the molecule is CN=S(=O)(CCN)Cc1ccc(Cl)cc1. The molecule has 5 heteroatoms. The Morgan fingerprint density at radius 3 is 2.47 bits per heavy atom. The van der Waals surface area contributed by atoms with Crippen molar-refractivity contribution in [1.82, 2.24) is 0 Å². The van der Waals surface area contributed by atoms with Gasteiger partial charge < -0.3 is 5.73 Å². The zero-order valence-corrected chi connectivity index (χ0v) is 10.2. The molecule has 1 rings (SSSR count). The first-order chi connectivity index (χ1) is 7.09. The van der Waals surface area contributed by atoms with E-state index in [9.17, 15) is 4.21 Å². The van der Waals surface area contributed by atoms with Crippen molar-refractivity contribution in [3.8, 4) is 0 Å². The van der Waals surface area contributed by atoms with E-state index in [1.165, 1.54) is 0 Å². The fraction of sp³-hybridized carbons (Fsp3) is 0.400. The predicted octanol–water partition coefficient (Wildman–Crippen LogP) is 1.90. The third-order valence-electron chi connectivity index (χ3n) is 2.08. The Hall–Kier alpha value is -0.580. The van der Waals surface area contributed by atoms with E-state index >= 15 is 0 Å². The highest BCUT2D eigenvalue weighted by atomic mass is 35.5. The van der Waals surface area contributed by atoms with Crippen LogP contribution in [0.4, 0.5) is 0 Å². The number of hydrogen-bond donors (Lipinski definition) is 1. The van der Waals surface area contributed by atoms with E-state index < -0.39 is 9.73 Å². The van der Waals surface area contributed by atoms with Crippen LogP contribution in [-0.2, 0) is 15.5 Å². The molecule has 84 valence electrons. The first-order valence-corrected chi connectivity index (χ1v) is 6.88. The Morgan fingerprint density at radius 1 is 1.40 bits per heavy atom. The summed E-state index contributed by atoms with van der Waals surface area (Å²) < 4.78 is 16.1. The van der Waals surface area contributed by atoms with Crippen molar-refractivity contribution < 1.29 is 4.21 Å². The monoisotopic (exact) mass is 246 g/mol. The molecular formula is C10H15ClN2OS. The summed E-state index contributed by atoms with van der Waals surface area (Å²) in [5.41, 5.74) is 6.38. The third-order valence-corrected chi connectivity index (χ3v) is 4.65. The molecule has 1 unspecified atom stereocenters. The second-order valence-electron chi connectivity index (χ2n) is 3.22. The standard InChI is InChI=1S/C10H15ClN2OS/c1-13-15(14,7-6-12)8-9-2-4-10(11)5-3-9/h2-5H,6-8,12H2,1H3. The molecule has 1 atom stereocenters. The summed E-state index contributed by atoms with van der Waals surface area (Å²) in [6.07, 6.45) is 0. The van der Waals surface area contributed by atoms with Crippen LogP contribution < -0.4 is 5.73 Å². The zero-order valence-electron chi connectivity index (χ0n) is 8.65. The lowest BCUT2D eigenvalue weighted by Gasteiger charge is -2.07. The van der Waals surface area contributed by atoms with Gasteiger partial charge in [-0.3, -0.25) is 0 Å². The van der Waals surface area contributed by atoms with Gasteiger partial charge in [0.15, 0.2) is 0 Å². The molecule has 0 fully saturated rings. The van der Waals surface area contributed by atoms with Crippen molar-refractivity contribution in [3.63, 3.8) is 0 Å². The van der Waals surface area contributed by atoms with Gasteiger partial charge in [-0.15, -0.1) is 0 Å². The van der Waals surface area contributed by atoms with E-state index in [1.54, 1.807) is 19.2 Å². The van der Waals surface area contributed by atoms with E-state index in [2.05, 4.69) is 4.36 Å². The van der Waals surface area contributed by atoms with Crippen LogP contribution in [-0.4, -0.2) is 23.6 Å². The summed E-state index contributed by atoms with van der Waals surface area (Å²) in [5.74, 6) is 0.879. The van der Waals surface area contributed by atoms with E-state index in [1.807, 2.05) is 12.1 Å². The lowest BCUT2D eigenvalue weighted by molar-refractivity contribution is 0.675. The maximum absolute atomic E-state index is 12.1. The van der Waals surface area contributed by atoms with E-state index in [-0.39, 0.29) is 0 Å². The first kappa shape index (κ1) is 12.5. The van der Waals surface area contributed by atoms with Crippen LogP contribution in [0.5, 0.6) is 0 Å². The van der Waals surface area contributed by atoms with Crippen molar-refractivity contribution in [3.05, 3.63) is 34.9 Å². The Labute approximate surface area is 95.8 Å². The molecule has 0 aliphatic heterocycles. The molecule has 1 aromatic carbocycles. The number of nitrogens with zero attached hydrogens (tertiary/aromatic N) is 1. The molecule has 2 N–H and O–H groups in total. The van der Waals surface area contributed by atoms with Gasteiger partial charge in [-0.05, 0) is 17.7 Å². The van der Waals surface area contributed by atoms with Crippen LogP contribution in [0.3, 0.4) is 0 Å². The molecule has 0 aliphatic rings. The number of hydrogen-bond acceptors (Lipinski definition) is 3. The minimum absolute atomic E-state index is 0.393. The van der Waals surface area contributed by atoms with Crippen LogP contribution >= 0.6 is 11.6 Å². The average molecular weight is 247 g/mol. The fourth-order valence-electron chi connectivity index (χ4n) is 1.25. The fourth-order valence-corrected chi connectivity index (χ4v) is 2.92. The largest absolute Gasteiger partial charge is 0.330 e. The summed E-state index contributed by atoms with van der Waals surface area (Å²) in [4.78, 5) is 0. The van der Waals surface area contributed by atoms with Crippen molar-refractivity contribution in [1.29, 1.82) is 0 Å². The van der Waals surface area contributed by atoms with E-state index in [0.29, 0.717) is 23.1 Å². The number of halogens is 1. The molecule has 3 nitrogen and oxygen atoms in total. The highest BCUT2D eigenvalue weighted by molar-refractivity contribution is 7.92. The van der Waals surface area contributed by atoms with E-state index in [4.69, 9.17) is 17.3 Å². The smallest absolute Gasteiger partial charge is 0.0568 e. The molecule has 0 spiro atoms. The Morgan fingerprint density at radius 2 is 2.00 bits per heavy atom. The minimum Gasteiger partial charge on any atom is -0.330 e. The summed E-state index contributed by atoms with van der Waals surface area (Å²) in [5, 5.41) is 0.678. The third kappa shape index (κ3) is 3.81. The second kappa shape index (κ2) is 5.49. The van der Waals surface area contributed by atoms with Gasteiger partial charge in [0.1, 0.15) is 0 Å². The Balaban J connectivity index is 2.85. The van der Waals surface area contributed by atoms with Gasteiger partial charge >= 0.3 is 0 Å². The molecule has 0 heterocycles.